The number of hydrogen-bond donors (Lipinski definition) is 1. The van der Waals surface area contributed by atoms with E-state index in [4.69, 9.17) is 0 Å². The first kappa shape index (κ1) is 11.4. The number of benzene rings is 1. The van der Waals surface area contributed by atoms with Crippen molar-refractivity contribution in [2.75, 3.05) is 0 Å². The molecule has 0 aliphatic carbocycles. The number of carbonyl (C=O) groups is 2. The van der Waals surface area contributed by atoms with Crippen molar-refractivity contribution in [1.82, 2.24) is 5.06 Å². The SMILES string of the molecule is CC(=O)N(O)C(C)c1ccc(C=O)cc1. The molecule has 80 valence electrons. The van der Waals surface area contributed by atoms with Gasteiger partial charge in [0.05, 0.1) is 6.04 Å². The smallest absolute Gasteiger partial charge is 0.243 e. The average Bonchev–Trinajstić information content (AvgIpc) is 2.27. The zero-order chi connectivity index (χ0) is 11.4. The van der Waals surface area contributed by atoms with E-state index in [1.165, 1.54) is 6.92 Å². The first-order valence-electron chi connectivity index (χ1n) is 4.60. The molecule has 0 fully saturated rings. The van der Waals surface area contributed by atoms with E-state index in [1.807, 2.05) is 0 Å². The summed E-state index contributed by atoms with van der Waals surface area (Å²) < 4.78 is 0. The minimum Gasteiger partial charge on any atom is -0.298 e. The molecule has 1 N–H and O–H groups in total. The van der Waals surface area contributed by atoms with E-state index in [2.05, 4.69) is 0 Å². The lowest BCUT2D eigenvalue weighted by Gasteiger charge is -2.21. The zero-order valence-corrected chi connectivity index (χ0v) is 8.68. The van der Waals surface area contributed by atoms with Gasteiger partial charge in [0.1, 0.15) is 6.29 Å². The van der Waals surface area contributed by atoms with Crippen LogP contribution >= 0.6 is 0 Å². The first-order valence-corrected chi connectivity index (χ1v) is 4.60. The highest BCUT2D eigenvalue weighted by molar-refractivity contribution is 5.75. The second-order valence-corrected chi connectivity index (χ2v) is 3.32. The van der Waals surface area contributed by atoms with Crippen LogP contribution in [-0.2, 0) is 4.79 Å². The van der Waals surface area contributed by atoms with Gasteiger partial charge in [0.25, 0.3) is 0 Å². The van der Waals surface area contributed by atoms with E-state index in [0.29, 0.717) is 10.6 Å². The molecule has 0 heterocycles. The predicted octanol–water partition coefficient (Wildman–Crippen LogP) is 1.80. The molecule has 1 unspecified atom stereocenters. The zero-order valence-electron chi connectivity index (χ0n) is 8.68. The molecule has 1 atom stereocenters. The van der Waals surface area contributed by atoms with E-state index in [9.17, 15) is 14.8 Å². The van der Waals surface area contributed by atoms with Crippen molar-refractivity contribution in [3.8, 4) is 0 Å². The maximum Gasteiger partial charge on any atom is 0.243 e. The Morgan fingerprint density at radius 2 is 1.93 bits per heavy atom. The predicted molar refractivity (Wildman–Crippen MR) is 54.6 cm³/mol. The van der Waals surface area contributed by atoms with Crippen LogP contribution in [0.5, 0.6) is 0 Å². The van der Waals surface area contributed by atoms with Crippen molar-refractivity contribution in [2.24, 2.45) is 0 Å². The van der Waals surface area contributed by atoms with Crippen molar-refractivity contribution in [2.45, 2.75) is 19.9 Å². The van der Waals surface area contributed by atoms with Crippen molar-refractivity contribution in [3.63, 3.8) is 0 Å². The van der Waals surface area contributed by atoms with Crippen LogP contribution in [0, 0.1) is 0 Å². The van der Waals surface area contributed by atoms with Crippen molar-refractivity contribution >= 4 is 12.2 Å². The second kappa shape index (κ2) is 4.70. The summed E-state index contributed by atoms with van der Waals surface area (Å²) in [6, 6.07) is 6.30. The highest BCUT2D eigenvalue weighted by Gasteiger charge is 2.15. The molecule has 1 rings (SSSR count). The molecule has 0 spiro atoms. The standard InChI is InChI=1S/C11H13NO3/c1-8(12(15)9(2)14)11-5-3-10(7-13)4-6-11/h3-8,15H,1-2H3. The summed E-state index contributed by atoms with van der Waals surface area (Å²) >= 11 is 0. The number of carbonyl (C=O) groups excluding carboxylic acids is 2. The number of hydrogen-bond acceptors (Lipinski definition) is 3. The molecule has 0 saturated carbocycles. The third kappa shape index (κ3) is 2.63. The molecule has 0 aliphatic heterocycles. The highest BCUT2D eigenvalue weighted by Crippen LogP contribution is 2.18. The van der Waals surface area contributed by atoms with E-state index in [-0.39, 0.29) is 0 Å². The molecule has 0 bridgehead atoms. The van der Waals surface area contributed by atoms with Crippen LogP contribution in [0.1, 0.15) is 35.8 Å². The van der Waals surface area contributed by atoms with Crippen molar-refractivity contribution < 1.29 is 14.8 Å². The second-order valence-electron chi connectivity index (χ2n) is 3.32. The van der Waals surface area contributed by atoms with Crippen molar-refractivity contribution in [1.29, 1.82) is 0 Å². The van der Waals surface area contributed by atoms with Crippen LogP contribution in [0.4, 0.5) is 0 Å². The molecule has 15 heavy (non-hydrogen) atoms. The van der Waals surface area contributed by atoms with Gasteiger partial charge in [0, 0.05) is 12.5 Å². The summed E-state index contributed by atoms with van der Waals surface area (Å²) in [6.45, 7) is 2.99. The molecule has 4 nitrogen and oxygen atoms in total. The summed E-state index contributed by atoms with van der Waals surface area (Å²) in [7, 11) is 0. The Hall–Kier alpha value is -1.68. The summed E-state index contributed by atoms with van der Waals surface area (Å²) in [5.74, 6) is -0.415. The van der Waals surface area contributed by atoms with Crippen LogP contribution in [-0.4, -0.2) is 22.5 Å². The molecule has 1 aromatic carbocycles. The molecule has 1 aromatic rings. The molecule has 0 radical (unpaired) electrons. The van der Waals surface area contributed by atoms with Crippen LogP contribution in [0.15, 0.2) is 24.3 Å². The van der Waals surface area contributed by atoms with E-state index in [1.54, 1.807) is 31.2 Å². The van der Waals surface area contributed by atoms with E-state index >= 15 is 0 Å². The first-order chi connectivity index (χ1) is 7.06. The minimum atomic E-state index is -0.415. The summed E-state index contributed by atoms with van der Waals surface area (Å²) in [6.07, 6.45) is 0.746. The Bertz CT molecular complexity index is 359. The van der Waals surface area contributed by atoms with Gasteiger partial charge < -0.3 is 0 Å². The molecule has 4 heteroatoms. The lowest BCUT2D eigenvalue weighted by Crippen LogP contribution is -2.27. The van der Waals surface area contributed by atoms with E-state index in [0.717, 1.165) is 11.8 Å². The van der Waals surface area contributed by atoms with Crippen LogP contribution in [0.25, 0.3) is 0 Å². The van der Waals surface area contributed by atoms with E-state index < -0.39 is 11.9 Å². The minimum absolute atomic E-state index is 0.414. The fraction of sp³-hybridized carbons (Fsp3) is 0.273. The van der Waals surface area contributed by atoms with Gasteiger partial charge in [-0.3, -0.25) is 14.8 Å². The van der Waals surface area contributed by atoms with Gasteiger partial charge in [-0.15, -0.1) is 0 Å². The van der Waals surface area contributed by atoms with Crippen molar-refractivity contribution in [3.05, 3.63) is 35.4 Å². The summed E-state index contributed by atoms with van der Waals surface area (Å²) in [5.41, 5.74) is 1.34. The van der Waals surface area contributed by atoms with Gasteiger partial charge in [-0.2, -0.15) is 0 Å². The number of amides is 1. The fourth-order valence-corrected chi connectivity index (χ4v) is 1.27. The number of hydroxylamine groups is 2. The fourth-order valence-electron chi connectivity index (χ4n) is 1.27. The van der Waals surface area contributed by atoms with Crippen LogP contribution < -0.4 is 0 Å². The highest BCUT2D eigenvalue weighted by atomic mass is 16.5. The lowest BCUT2D eigenvalue weighted by molar-refractivity contribution is -0.172. The monoisotopic (exact) mass is 207 g/mol. The van der Waals surface area contributed by atoms with Gasteiger partial charge in [0.15, 0.2) is 0 Å². The number of rotatable bonds is 3. The molecule has 0 aliphatic rings. The Morgan fingerprint density at radius 3 is 2.33 bits per heavy atom. The largest absolute Gasteiger partial charge is 0.298 e. The van der Waals surface area contributed by atoms with Gasteiger partial charge in [-0.1, -0.05) is 24.3 Å². The Labute approximate surface area is 88.1 Å². The lowest BCUT2D eigenvalue weighted by atomic mass is 10.1. The number of aldehydes is 1. The summed E-state index contributed by atoms with van der Waals surface area (Å²) in [4.78, 5) is 21.3. The third-order valence-electron chi connectivity index (χ3n) is 2.24. The summed E-state index contributed by atoms with van der Waals surface area (Å²) in [5, 5.41) is 10.1. The topological polar surface area (TPSA) is 57.6 Å². The van der Waals surface area contributed by atoms with Crippen LogP contribution in [0.2, 0.25) is 0 Å². The molecular formula is C11H13NO3. The Kier molecular flexibility index (Phi) is 3.57. The molecule has 1 amide bonds. The normalized spacial score (nSPS) is 11.9. The maximum atomic E-state index is 10.9. The maximum absolute atomic E-state index is 10.9. The Balaban J connectivity index is 2.86. The Morgan fingerprint density at radius 1 is 1.40 bits per heavy atom. The van der Waals surface area contributed by atoms with Gasteiger partial charge >= 0.3 is 0 Å². The molecule has 0 saturated heterocycles. The third-order valence-corrected chi connectivity index (χ3v) is 2.24. The van der Waals surface area contributed by atoms with Crippen LogP contribution in [0.3, 0.4) is 0 Å². The van der Waals surface area contributed by atoms with Gasteiger partial charge in [-0.25, -0.2) is 5.06 Å². The van der Waals surface area contributed by atoms with Gasteiger partial charge in [0.2, 0.25) is 5.91 Å². The average molecular weight is 207 g/mol. The molecule has 0 aromatic heterocycles. The number of nitrogens with zero attached hydrogens (tertiary/aromatic N) is 1. The quantitative estimate of drug-likeness (QED) is 0.467. The van der Waals surface area contributed by atoms with Gasteiger partial charge in [-0.05, 0) is 12.5 Å². The molecular weight excluding hydrogens is 194 g/mol.